The number of nitrogens with zero attached hydrogens (tertiary/aromatic N) is 4. The van der Waals surface area contributed by atoms with Crippen molar-refractivity contribution in [1.82, 2.24) is 15.0 Å². The summed E-state index contributed by atoms with van der Waals surface area (Å²) in [7, 11) is 0. The Morgan fingerprint density at radius 3 is 2.79 bits per heavy atom. The van der Waals surface area contributed by atoms with Gasteiger partial charge < -0.3 is 11.1 Å². The van der Waals surface area contributed by atoms with Crippen LogP contribution >= 0.6 is 22.9 Å². The summed E-state index contributed by atoms with van der Waals surface area (Å²) in [5.74, 6) is 1.01. The lowest BCUT2D eigenvalue weighted by Gasteiger charge is -2.17. The number of amides is 1. The lowest BCUT2D eigenvalue weighted by molar-refractivity contribution is -0.117. The molecule has 1 saturated heterocycles. The van der Waals surface area contributed by atoms with Gasteiger partial charge in [0.05, 0.1) is 6.04 Å². The minimum absolute atomic E-state index is 0.0136. The van der Waals surface area contributed by atoms with E-state index in [1.807, 2.05) is 37.4 Å². The summed E-state index contributed by atoms with van der Waals surface area (Å²) in [4.78, 5) is 28.0. The largest absolute Gasteiger partial charge is 0.347 e. The molecule has 1 aliphatic rings. The summed E-state index contributed by atoms with van der Waals surface area (Å²) < 4.78 is 0. The summed E-state index contributed by atoms with van der Waals surface area (Å²) in [6, 6.07) is 9.14. The third-order valence-electron chi connectivity index (χ3n) is 4.46. The highest BCUT2D eigenvalue weighted by atomic mass is 35.5. The Morgan fingerprint density at radius 1 is 1.29 bits per heavy atom. The van der Waals surface area contributed by atoms with E-state index in [0.29, 0.717) is 29.8 Å². The molecule has 1 unspecified atom stereocenters. The highest BCUT2D eigenvalue weighted by Crippen LogP contribution is 2.30. The van der Waals surface area contributed by atoms with Crippen molar-refractivity contribution in [2.75, 3.05) is 16.8 Å². The van der Waals surface area contributed by atoms with E-state index in [-0.39, 0.29) is 18.0 Å². The fourth-order valence-electron chi connectivity index (χ4n) is 3.00. The van der Waals surface area contributed by atoms with Crippen LogP contribution in [-0.4, -0.2) is 33.4 Å². The monoisotopic (exact) mass is 414 g/mol. The van der Waals surface area contributed by atoms with Gasteiger partial charge >= 0.3 is 0 Å². The van der Waals surface area contributed by atoms with Crippen molar-refractivity contribution < 1.29 is 4.79 Å². The Bertz CT molecular complexity index is 992. The van der Waals surface area contributed by atoms with Crippen LogP contribution < -0.4 is 16.0 Å². The van der Waals surface area contributed by atoms with Crippen molar-refractivity contribution in [3.05, 3.63) is 52.6 Å². The molecule has 0 radical (unpaired) electrons. The Hall–Kier alpha value is -2.55. The van der Waals surface area contributed by atoms with Gasteiger partial charge in [0, 0.05) is 46.9 Å². The predicted molar refractivity (Wildman–Crippen MR) is 112 cm³/mol. The number of thiazole rings is 1. The van der Waals surface area contributed by atoms with Crippen molar-refractivity contribution in [1.29, 1.82) is 0 Å². The molecule has 1 aromatic carbocycles. The number of nitrogens with one attached hydrogen (secondary N) is 1. The van der Waals surface area contributed by atoms with Gasteiger partial charge in [-0.15, -0.1) is 11.3 Å². The summed E-state index contributed by atoms with van der Waals surface area (Å²) >= 11 is 7.55. The van der Waals surface area contributed by atoms with Crippen molar-refractivity contribution in [2.45, 2.75) is 25.4 Å². The molecule has 3 N–H and O–H groups in total. The summed E-state index contributed by atoms with van der Waals surface area (Å²) in [6.07, 6.45) is 3.83. The van der Waals surface area contributed by atoms with Crippen molar-refractivity contribution in [3.8, 4) is 10.6 Å². The van der Waals surface area contributed by atoms with E-state index in [0.717, 1.165) is 15.4 Å². The maximum absolute atomic E-state index is 12.0. The van der Waals surface area contributed by atoms with Crippen molar-refractivity contribution in [3.63, 3.8) is 0 Å². The summed E-state index contributed by atoms with van der Waals surface area (Å²) in [6.45, 7) is 2.50. The second-order valence-electron chi connectivity index (χ2n) is 6.65. The molecular weight excluding hydrogens is 396 g/mol. The van der Waals surface area contributed by atoms with Gasteiger partial charge in [-0.2, -0.15) is 4.98 Å². The van der Waals surface area contributed by atoms with Crippen molar-refractivity contribution >= 4 is 40.6 Å². The quantitative estimate of drug-likeness (QED) is 0.663. The first-order chi connectivity index (χ1) is 13.5. The Labute approximate surface area is 171 Å². The number of benzene rings is 1. The van der Waals surface area contributed by atoms with Crippen LogP contribution in [0.5, 0.6) is 0 Å². The second-order valence-corrected chi connectivity index (χ2v) is 8.15. The molecule has 1 aliphatic heterocycles. The van der Waals surface area contributed by atoms with Gasteiger partial charge in [0.15, 0.2) is 0 Å². The molecule has 9 heteroatoms. The maximum atomic E-state index is 12.0. The van der Waals surface area contributed by atoms with E-state index in [1.54, 1.807) is 28.5 Å². The number of hydrogen-bond acceptors (Lipinski definition) is 7. The van der Waals surface area contributed by atoms with Gasteiger partial charge in [-0.3, -0.25) is 9.69 Å². The summed E-state index contributed by atoms with van der Waals surface area (Å²) in [5.41, 5.74) is 6.89. The molecule has 144 valence electrons. The average molecular weight is 415 g/mol. The number of rotatable bonds is 5. The van der Waals surface area contributed by atoms with Gasteiger partial charge in [-0.25, -0.2) is 9.97 Å². The van der Waals surface area contributed by atoms with Crippen LogP contribution in [0, 0.1) is 0 Å². The Balaban J connectivity index is 1.48. The number of aromatic nitrogens is 3. The average Bonchev–Trinajstić information content (AvgIpc) is 3.29. The molecule has 0 aliphatic carbocycles. The molecule has 7 nitrogen and oxygen atoms in total. The van der Waals surface area contributed by atoms with Crippen LogP contribution in [0.25, 0.3) is 10.6 Å². The number of hydrogen-bond donors (Lipinski definition) is 2. The number of nitrogens with two attached hydrogens (primary N) is 1. The van der Waals surface area contributed by atoms with Crippen molar-refractivity contribution in [2.24, 2.45) is 5.73 Å². The van der Waals surface area contributed by atoms with Crippen LogP contribution in [0.2, 0.25) is 5.02 Å². The van der Waals surface area contributed by atoms with E-state index in [2.05, 4.69) is 20.3 Å². The van der Waals surface area contributed by atoms with Crippen LogP contribution in [0.1, 0.15) is 24.3 Å². The van der Waals surface area contributed by atoms with Crippen LogP contribution in [0.4, 0.5) is 11.8 Å². The zero-order valence-electron chi connectivity index (χ0n) is 15.2. The normalized spacial score (nSPS) is 17.8. The molecule has 2 aromatic heterocycles. The fraction of sp³-hybridized carbons (Fsp3) is 0.263. The topological polar surface area (TPSA) is 97.0 Å². The molecular formula is C19H19ClN6OS. The number of carbonyl (C=O) groups is 1. The number of halogens is 1. The Kier molecular flexibility index (Phi) is 5.25. The minimum atomic E-state index is -0.152. The fourth-order valence-corrected chi connectivity index (χ4v) is 4.05. The molecule has 3 heterocycles. The van der Waals surface area contributed by atoms with E-state index < -0.39 is 0 Å². The minimum Gasteiger partial charge on any atom is -0.347 e. The van der Waals surface area contributed by atoms with E-state index in [1.165, 1.54) is 0 Å². The first-order valence-electron chi connectivity index (χ1n) is 8.87. The van der Waals surface area contributed by atoms with Gasteiger partial charge in [-0.05, 0) is 25.1 Å². The SMILES string of the molecule is C[C@H](Nc1nccc(N2CC(N)CC2=O)n1)c1cnc(-c2ccc(Cl)cc2)s1. The van der Waals surface area contributed by atoms with Crippen LogP contribution in [0.3, 0.4) is 0 Å². The molecule has 0 bridgehead atoms. The second kappa shape index (κ2) is 7.83. The highest BCUT2D eigenvalue weighted by Gasteiger charge is 2.29. The summed E-state index contributed by atoms with van der Waals surface area (Å²) in [5, 5.41) is 4.90. The zero-order valence-corrected chi connectivity index (χ0v) is 16.7. The third kappa shape index (κ3) is 3.99. The lowest BCUT2D eigenvalue weighted by atomic mass is 10.2. The van der Waals surface area contributed by atoms with Crippen LogP contribution in [-0.2, 0) is 4.79 Å². The van der Waals surface area contributed by atoms with Crippen LogP contribution in [0.15, 0.2) is 42.7 Å². The first kappa shape index (κ1) is 18.8. The molecule has 0 saturated carbocycles. The maximum Gasteiger partial charge on any atom is 0.229 e. The van der Waals surface area contributed by atoms with E-state index >= 15 is 0 Å². The number of carbonyl (C=O) groups excluding carboxylic acids is 1. The third-order valence-corrected chi connectivity index (χ3v) is 5.94. The molecule has 4 rings (SSSR count). The molecule has 0 spiro atoms. The number of anilines is 2. The molecule has 1 fully saturated rings. The van der Waals surface area contributed by atoms with Gasteiger partial charge in [0.25, 0.3) is 0 Å². The van der Waals surface area contributed by atoms with Gasteiger partial charge in [0.1, 0.15) is 10.8 Å². The first-order valence-corrected chi connectivity index (χ1v) is 10.1. The molecule has 1 amide bonds. The zero-order chi connectivity index (χ0) is 19.7. The van der Waals surface area contributed by atoms with Gasteiger partial charge in [0.2, 0.25) is 11.9 Å². The smallest absolute Gasteiger partial charge is 0.229 e. The predicted octanol–water partition coefficient (Wildman–Crippen LogP) is 3.49. The highest BCUT2D eigenvalue weighted by molar-refractivity contribution is 7.15. The van der Waals surface area contributed by atoms with Gasteiger partial charge in [-0.1, -0.05) is 23.7 Å². The molecule has 3 aromatic rings. The molecule has 28 heavy (non-hydrogen) atoms. The Morgan fingerprint density at radius 2 is 2.07 bits per heavy atom. The molecule has 2 atom stereocenters. The van der Waals surface area contributed by atoms with E-state index in [9.17, 15) is 4.79 Å². The van der Waals surface area contributed by atoms with E-state index in [4.69, 9.17) is 17.3 Å². The standard InChI is InChI=1S/C19H19ClN6OS/c1-11(15-9-23-18(28-15)12-2-4-13(20)5-3-12)24-19-22-7-6-16(25-19)26-10-14(21)8-17(26)27/h2-7,9,11,14H,8,10,21H2,1H3,(H,22,24,25)/t11-,14?/m0/s1. The lowest BCUT2D eigenvalue weighted by Crippen LogP contribution is -2.29.